The monoisotopic (exact) mass is 280 g/mol. The number of hydrogen-bond donors (Lipinski definition) is 0. The van der Waals surface area contributed by atoms with E-state index in [1.54, 1.807) is 0 Å². The van der Waals surface area contributed by atoms with Crippen molar-refractivity contribution in [2.24, 2.45) is 11.8 Å². The molecule has 2 rings (SSSR count). The molecule has 0 aromatic heterocycles. The van der Waals surface area contributed by atoms with Crippen molar-refractivity contribution in [3.05, 3.63) is 0 Å². The molecule has 0 radical (unpaired) electrons. The Morgan fingerprint density at radius 3 is 2.05 bits per heavy atom. The lowest BCUT2D eigenvalue weighted by atomic mass is 9.78. The molecular weight excluding hydrogens is 244 g/mol. The fourth-order valence-corrected chi connectivity index (χ4v) is 4.13. The van der Waals surface area contributed by atoms with Gasteiger partial charge in [0.15, 0.2) is 0 Å². The van der Waals surface area contributed by atoms with Gasteiger partial charge < -0.3 is 4.74 Å². The maximum atomic E-state index is 6.09. The van der Waals surface area contributed by atoms with Crippen molar-refractivity contribution in [1.29, 1.82) is 0 Å². The fraction of sp³-hybridized carbons (Fsp3) is 1.00. The third kappa shape index (κ3) is 6.16. The first kappa shape index (κ1) is 16.3. The highest BCUT2D eigenvalue weighted by molar-refractivity contribution is 4.73. The molecule has 2 saturated carbocycles. The lowest BCUT2D eigenvalue weighted by Crippen LogP contribution is -2.20. The molecule has 0 heterocycles. The van der Waals surface area contributed by atoms with E-state index >= 15 is 0 Å². The highest BCUT2D eigenvalue weighted by atomic mass is 16.5. The lowest BCUT2D eigenvalue weighted by Gasteiger charge is -2.29. The Labute approximate surface area is 126 Å². The normalized spacial score (nSPS) is 28.6. The summed E-state index contributed by atoms with van der Waals surface area (Å²) in [5, 5.41) is 0. The predicted octanol–water partition coefficient (Wildman–Crippen LogP) is 6.11. The Kier molecular flexibility index (Phi) is 8.02. The minimum atomic E-state index is 0.606. The summed E-state index contributed by atoms with van der Waals surface area (Å²) in [6, 6.07) is 0. The average Bonchev–Trinajstić information content (AvgIpc) is 2.50. The van der Waals surface area contributed by atoms with Crippen molar-refractivity contribution in [3.63, 3.8) is 0 Å². The largest absolute Gasteiger partial charge is 0.378 e. The Hall–Kier alpha value is -0.0400. The van der Waals surface area contributed by atoms with Crippen molar-refractivity contribution in [2.45, 2.75) is 103 Å². The van der Waals surface area contributed by atoms with Crippen LogP contribution in [0.3, 0.4) is 0 Å². The van der Waals surface area contributed by atoms with Crippen LogP contribution in [-0.4, -0.2) is 12.7 Å². The molecule has 0 saturated heterocycles. The van der Waals surface area contributed by atoms with Gasteiger partial charge in [-0.3, -0.25) is 0 Å². The molecule has 0 unspecified atom stereocenters. The molecule has 0 bridgehead atoms. The molecule has 0 N–H and O–H groups in total. The van der Waals surface area contributed by atoms with Crippen LogP contribution in [0, 0.1) is 11.8 Å². The van der Waals surface area contributed by atoms with E-state index in [-0.39, 0.29) is 0 Å². The van der Waals surface area contributed by atoms with E-state index < -0.39 is 0 Å². The van der Waals surface area contributed by atoms with Crippen LogP contribution in [0.2, 0.25) is 0 Å². The highest BCUT2D eigenvalue weighted by Crippen LogP contribution is 2.33. The zero-order chi connectivity index (χ0) is 14.0. The second-order valence-corrected chi connectivity index (χ2v) is 7.30. The number of unbranched alkanes of at least 4 members (excludes halogenated alkanes) is 2. The second kappa shape index (κ2) is 9.82. The highest BCUT2D eigenvalue weighted by Gasteiger charge is 2.21. The van der Waals surface area contributed by atoms with Crippen molar-refractivity contribution in [2.75, 3.05) is 6.61 Å². The van der Waals surface area contributed by atoms with Gasteiger partial charge in [0.05, 0.1) is 6.10 Å². The summed E-state index contributed by atoms with van der Waals surface area (Å²) in [4.78, 5) is 0. The summed E-state index contributed by atoms with van der Waals surface area (Å²) in [7, 11) is 0. The molecule has 1 nitrogen and oxygen atoms in total. The molecule has 2 aliphatic rings. The van der Waals surface area contributed by atoms with Gasteiger partial charge in [0.25, 0.3) is 0 Å². The minimum absolute atomic E-state index is 0.606. The molecule has 0 aliphatic heterocycles. The molecule has 20 heavy (non-hydrogen) atoms. The van der Waals surface area contributed by atoms with Crippen LogP contribution in [-0.2, 0) is 4.74 Å². The SMILES string of the molecule is CCCCCC1CCC(CCOC2CCCCC2)CC1. The molecule has 0 atom stereocenters. The van der Waals surface area contributed by atoms with Gasteiger partial charge >= 0.3 is 0 Å². The van der Waals surface area contributed by atoms with Crippen LogP contribution in [0.15, 0.2) is 0 Å². The summed E-state index contributed by atoms with van der Waals surface area (Å²) in [5.74, 6) is 2.03. The zero-order valence-electron chi connectivity index (χ0n) is 13.7. The predicted molar refractivity (Wildman–Crippen MR) is 87.0 cm³/mol. The van der Waals surface area contributed by atoms with E-state index in [4.69, 9.17) is 4.74 Å². The zero-order valence-corrected chi connectivity index (χ0v) is 13.7. The molecule has 0 aromatic rings. The van der Waals surface area contributed by atoms with Crippen LogP contribution in [0.4, 0.5) is 0 Å². The Morgan fingerprint density at radius 2 is 1.40 bits per heavy atom. The van der Waals surface area contributed by atoms with Gasteiger partial charge in [0, 0.05) is 6.61 Å². The van der Waals surface area contributed by atoms with E-state index in [1.165, 1.54) is 89.9 Å². The van der Waals surface area contributed by atoms with Gasteiger partial charge in [-0.2, -0.15) is 0 Å². The van der Waals surface area contributed by atoms with Crippen LogP contribution >= 0.6 is 0 Å². The number of hydrogen-bond acceptors (Lipinski definition) is 1. The van der Waals surface area contributed by atoms with Crippen molar-refractivity contribution in [1.82, 2.24) is 0 Å². The maximum absolute atomic E-state index is 6.09. The molecule has 2 aliphatic carbocycles. The second-order valence-electron chi connectivity index (χ2n) is 7.30. The minimum Gasteiger partial charge on any atom is -0.378 e. The van der Waals surface area contributed by atoms with E-state index in [9.17, 15) is 0 Å². The molecule has 0 spiro atoms. The van der Waals surface area contributed by atoms with Crippen molar-refractivity contribution >= 4 is 0 Å². The first-order valence-corrected chi connectivity index (χ1v) is 9.50. The van der Waals surface area contributed by atoms with Crippen molar-refractivity contribution < 1.29 is 4.74 Å². The summed E-state index contributed by atoms with van der Waals surface area (Å²) in [6.45, 7) is 3.35. The maximum Gasteiger partial charge on any atom is 0.0575 e. The Bertz CT molecular complexity index is 224. The summed E-state index contributed by atoms with van der Waals surface area (Å²) in [6.07, 6.45) is 20.5. The van der Waals surface area contributed by atoms with E-state index in [0.29, 0.717) is 6.10 Å². The molecule has 0 amide bonds. The van der Waals surface area contributed by atoms with Crippen LogP contribution in [0.5, 0.6) is 0 Å². The lowest BCUT2D eigenvalue weighted by molar-refractivity contribution is 0.0180. The van der Waals surface area contributed by atoms with Gasteiger partial charge in [-0.15, -0.1) is 0 Å². The third-order valence-electron chi connectivity index (χ3n) is 5.61. The van der Waals surface area contributed by atoms with Crippen LogP contribution in [0.25, 0.3) is 0 Å². The standard InChI is InChI=1S/C19H36O/c1-2-3-5-8-17-11-13-18(14-12-17)15-16-20-19-9-6-4-7-10-19/h17-19H,2-16H2,1H3. The van der Waals surface area contributed by atoms with Gasteiger partial charge in [0.2, 0.25) is 0 Å². The Balaban J connectivity index is 1.48. The molecule has 2 fully saturated rings. The molecule has 118 valence electrons. The first-order valence-electron chi connectivity index (χ1n) is 9.50. The molecule has 1 heteroatoms. The van der Waals surface area contributed by atoms with E-state index in [0.717, 1.165) is 18.4 Å². The summed E-state index contributed by atoms with van der Waals surface area (Å²) in [5.41, 5.74) is 0. The van der Waals surface area contributed by atoms with E-state index in [1.807, 2.05) is 0 Å². The number of rotatable bonds is 8. The third-order valence-corrected chi connectivity index (χ3v) is 5.61. The molecule has 0 aromatic carbocycles. The van der Waals surface area contributed by atoms with Gasteiger partial charge in [-0.25, -0.2) is 0 Å². The summed E-state index contributed by atoms with van der Waals surface area (Å²) < 4.78 is 6.09. The number of ether oxygens (including phenoxy) is 1. The topological polar surface area (TPSA) is 9.23 Å². The summed E-state index contributed by atoms with van der Waals surface area (Å²) >= 11 is 0. The average molecular weight is 280 g/mol. The van der Waals surface area contributed by atoms with Crippen LogP contribution in [0.1, 0.15) is 96.8 Å². The van der Waals surface area contributed by atoms with Gasteiger partial charge in [-0.1, -0.05) is 77.6 Å². The smallest absolute Gasteiger partial charge is 0.0575 e. The van der Waals surface area contributed by atoms with Crippen LogP contribution < -0.4 is 0 Å². The van der Waals surface area contributed by atoms with E-state index in [2.05, 4.69) is 6.92 Å². The van der Waals surface area contributed by atoms with Gasteiger partial charge in [-0.05, 0) is 31.1 Å². The first-order chi connectivity index (χ1) is 9.88. The Morgan fingerprint density at radius 1 is 0.750 bits per heavy atom. The van der Waals surface area contributed by atoms with Gasteiger partial charge in [0.1, 0.15) is 0 Å². The fourth-order valence-electron chi connectivity index (χ4n) is 4.13. The molecular formula is C19H36O. The quantitative estimate of drug-likeness (QED) is 0.487. The van der Waals surface area contributed by atoms with Crippen molar-refractivity contribution in [3.8, 4) is 0 Å².